The van der Waals surface area contributed by atoms with Crippen molar-refractivity contribution in [1.29, 1.82) is 5.26 Å². The summed E-state index contributed by atoms with van der Waals surface area (Å²) in [5.41, 5.74) is 3.43. The molecule has 172 valence electrons. The Bertz CT molecular complexity index is 902. The van der Waals surface area contributed by atoms with Crippen LogP contribution >= 0.6 is 0 Å². The van der Waals surface area contributed by atoms with Gasteiger partial charge < -0.3 is 14.4 Å². The third-order valence-corrected chi connectivity index (χ3v) is 6.21. The molecule has 2 aromatic carbocycles. The van der Waals surface area contributed by atoms with E-state index in [1.807, 2.05) is 36.4 Å². The number of carbonyl (C=O) groups is 1. The fourth-order valence-electron chi connectivity index (χ4n) is 4.11. The number of methoxy groups -OCH3 is 2. The van der Waals surface area contributed by atoms with Crippen molar-refractivity contribution in [2.75, 3.05) is 34.4 Å². The number of nitriles is 1. The molecule has 2 aromatic rings. The lowest BCUT2D eigenvalue weighted by molar-refractivity contribution is 0.0600. The Morgan fingerprint density at radius 2 is 1.81 bits per heavy atom. The average molecular weight is 437 g/mol. The van der Waals surface area contributed by atoms with Crippen LogP contribution < -0.4 is 0 Å². The van der Waals surface area contributed by atoms with E-state index in [1.54, 1.807) is 7.11 Å². The van der Waals surface area contributed by atoms with Crippen molar-refractivity contribution in [3.63, 3.8) is 0 Å². The molecule has 0 saturated carbocycles. The number of hydrogen-bond acceptors (Lipinski definition) is 5. The van der Waals surface area contributed by atoms with E-state index in [4.69, 9.17) is 9.47 Å². The SMILES string of the molecule is COCc1cccc(C(C#N)(CCCN(C)CCc2ccc(C(=O)OC)cc2)C(C)C)c1. The van der Waals surface area contributed by atoms with Gasteiger partial charge in [-0.3, -0.25) is 0 Å². The predicted octanol–water partition coefficient (Wildman–Crippen LogP) is 4.99. The largest absolute Gasteiger partial charge is 0.465 e. The summed E-state index contributed by atoms with van der Waals surface area (Å²) in [5, 5.41) is 10.2. The van der Waals surface area contributed by atoms with Gasteiger partial charge in [0.05, 0.1) is 30.8 Å². The lowest BCUT2D eigenvalue weighted by Gasteiger charge is -2.32. The maximum Gasteiger partial charge on any atom is 0.337 e. The second kappa shape index (κ2) is 12.4. The highest BCUT2D eigenvalue weighted by molar-refractivity contribution is 5.89. The van der Waals surface area contributed by atoms with Gasteiger partial charge in [-0.25, -0.2) is 4.79 Å². The zero-order valence-corrected chi connectivity index (χ0v) is 20.1. The van der Waals surface area contributed by atoms with Crippen LogP contribution in [0, 0.1) is 17.2 Å². The summed E-state index contributed by atoms with van der Waals surface area (Å²) in [7, 11) is 5.20. The summed E-state index contributed by atoms with van der Waals surface area (Å²) in [6, 6.07) is 18.5. The first-order chi connectivity index (χ1) is 15.4. The quantitative estimate of drug-likeness (QED) is 0.439. The topological polar surface area (TPSA) is 62.6 Å². The van der Waals surface area contributed by atoms with Crippen molar-refractivity contribution >= 4 is 5.97 Å². The van der Waals surface area contributed by atoms with Gasteiger partial charge in [-0.2, -0.15) is 5.26 Å². The van der Waals surface area contributed by atoms with E-state index in [2.05, 4.69) is 44.0 Å². The normalized spacial score (nSPS) is 13.1. The van der Waals surface area contributed by atoms with Crippen molar-refractivity contribution in [1.82, 2.24) is 4.90 Å². The van der Waals surface area contributed by atoms with E-state index in [9.17, 15) is 10.1 Å². The predicted molar refractivity (Wildman–Crippen MR) is 128 cm³/mol. The molecule has 1 unspecified atom stereocenters. The monoisotopic (exact) mass is 436 g/mol. The number of hydrogen-bond donors (Lipinski definition) is 0. The summed E-state index contributed by atoms with van der Waals surface area (Å²) in [4.78, 5) is 13.9. The van der Waals surface area contributed by atoms with Crippen molar-refractivity contribution < 1.29 is 14.3 Å². The Balaban J connectivity index is 1.94. The maximum atomic E-state index is 11.6. The van der Waals surface area contributed by atoms with Crippen LogP contribution in [0.5, 0.6) is 0 Å². The van der Waals surface area contributed by atoms with E-state index >= 15 is 0 Å². The molecule has 2 rings (SSSR count). The van der Waals surface area contributed by atoms with Gasteiger partial charge in [0.25, 0.3) is 0 Å². The summed E-state index contributed by atoms with van der Waals surface area (Å²) in [6.45, 7) is 6.66. The summed E-state index contributed by atoms with van der Waals surface area (Å²) in [6.07, 6.45) is 2.67. The molecular formula is C27H36N2O3. The van der Waals surface area contributed by atoms with Crippen LogP contribution in [0.4, 0.5) is 0 Å². The van der Waals surface area contributed by atoms with Crippen LogP contribution in [0.3, 0.4) is 0 Å². The molecule has 1 atom stereocenters. The van der Waals surface area contributed by atoms with Crippen molar-refractivity contribution in [2.45, 2.75) is 45.1 Å². The minimum absolute atomic E-state index is 0.212. The molecule has 0 saturated heterocycles. The Labute approximate surface area is 193 Å². The number of likely N-dealkylation sites (N-methyl/N-ethyl adjacent to an activating group) is 1. The van der Waals surface area contributed by atoms with E-state index in [1.165, 1.54) is 12.7 Å². The average Bonchev–Trinajstić information content (AvgIpc) is 2.80. The van der Waals surface area contributed by atoms with Gasteiger partial charge in [0.1, 0.15) is 0 Å². The fourth-order valence-corrected chi connectivity index (χ4v) is 4.11. The fraction of sp³-hybridized carbons (Fsp3) is 0.481. The molecule has 0 N–H and O–H groups in total. The second-order valence-electron chi connectivity index (χ2n) is 8.72. The Hall–Kier alpha value is -2.68. The van der Waals surface area contributed by atoms with Gasteiger partial charge >= 0.3 is 5.97 Å². The number of ether oxygens (including phenoxy) is 2. The van der Waals surface area contributed by atoms with Crippen LogP contribution in [-0.4, -0.2) is 45.2 Å². The smallest absolute Gasteiger partial charge is 0.337 e. The van der Waals surface area contributed by atoms with E-state index in [0.29, 0.717) is 12.2 Å². The van der Waals surface area contributed by atoms with Crippen LogP contribution in [0.2, 0.25) is 0 Å². The van der Waals surface area contributed by atoms with Gasteiger partial charge in [0.15, 0.2) is 0 Å². The number of carbonyl (C=O) groups excluding carboxylic acids is 1. The number of benzene rings is 2. The Morgan fingerprint density at radius 3 is 2.41 bits per heavy atom. The highest BCUT2D eigenvalue weighted by Crippen LogP contribution is 2.37. The van der Waals surface area contributed by atoms with Crippen LogP contribution in [0.1, 0.15) is 53.7 Å². The van der Waals surface area contributed by atoms with Gasteiger partial charge in [-0.05, 0) is 67.6 Å². The number of nitrogens with zero attached hydrogens (tertiary/aromatic N) is 2. The van der Waals surface area contributed by atoms with E-state index in [-0.39, 0.29) is 11.9 Å². The minimum Gasteiger partial charge on any atom is -0.465 e. The molecule has 0 bridgehead atoms. The third-order valence-electron chi connectivity index (χ3n) is 6.21. The Kier molecular flexibility index (Phi) is 9.90. The van der Waals surface area contributed by atoms with Gasteiger partial charge in [0, 0.05) is 13.7 Å². The van der Waals surface area contributed by atoms with Gasteiger partial charge in [-0.15, -0.1) is 0 Å². The third kappa shape index (κ3) is 6.66. The molecule has 0 fully saturated rings. The standard InChI is InChI=1S/C27H36N2O3/c1-21(2)27(20-28,25-9-6-8-23(18-25)19-31-4)15-7-16-29(3)17-14-22-10-12-24(13-11-22)26(30)32-5/h6,8-13,18,21H,7,14-17,19H2,1-5H3. The highest BCUT2D eigenvalue weighted by Gasteiger charge is 2.35. The molecule has 0 aliphatic rings. The van der Waals surface area contributed by atoms with Crippen molar-refractivity contribution in [3.8, 4) is 6.07 Å². The first-order valence-corrected chi connectivity index (χ1v) is 11.2. The van der Waals surface area contributed by atoms with Crippen molar-refractivity contribution in [2.24, 2.45) is 5.92 Å². The summed E-state index contributed by atoms with van der Waals surface area (Å²) >= 11 is 0. The van der Waals surface area contributed by atoms with E-state index < -0.39 is 5.41 Å². The number of esters is 1. The number of rotatable bonds is 12. The van der Waals surface area contributed by atoms with E-state index in [0.717, 1.165) is 43.5 Å². The lowest BCUT2D eigenvalue weighted by Crippen LogP contribution is -2.32. The minimum atomic E-state index is -0.506. The molecule has 0 heterocycles. The molecule has 32 heavy (non-hydrogen) atoms. The first-order valence-electron chi connectivity index (χ1n) is 11.2. The van der Waals surface area contributed by atoms with Gasteiger partial charge in [-0.1, -0.05) is 50.2 Å². The molecule has 0 radical (unpaired) electrons. The summed E-state index contributed by atoms with van der Waals surface area (Å²) < 4.78 is 10.0. The molecule has 0 amide bonds. The zero-order valence-electron chi connectivity index (χ0n) is 20.1. The van der Waals surface area contributed by atoms with Crippen LogP contribution in [-0.2, 0) is 27.9 Å². The van der Waals surface area contributed by atoms with Gasteiger partial charge in [0.2, 0.25) is 0 Å². The molecule has 0 spiro atoms. The highest BCUT2D eigenvalue weighted by atomic mass is 16.5. The van der Waals surface area contributed by atoms with Crippen LogP contribution in [0.25, 0.3) is 0 Å². The van der Waals surface area contributed by atoms with Crippen LogP contribution in [0.15, 0.2) is 48.5 Å². The Morgan fingerprint density at radius 1 is 1.09 bits per heavy atom. The summed E-state index contributed by atoms with van der Waals surface area (Å²) in [5.74, 6) is -0.100. The first kappa shape index (κ1) is 25.6. The lowest BCUT2D eigenvalue weighted by atomic mass is 9.69. The molecule has 0 aliphatic heterocycles. The molecular weight excluding hydrogens is 400 g/mol. The second-order valence-corrected chi connectivity index (χ2v) is 8.72. The molecule has 5 heteroatoms. The maximum absolute atomic E-state index is 11.6. The van der Waals surface area contributed by atoms with Crippen molar-refractivity contribution in [3.05, 3.63) is 70.8 Å². The molecule has 0 aromatic heterocycles. The molecule has 5 nitrogen and oxygen atoms in total. The zero-order chi connectivity index (χ0) is 23.6. The molecule has 0 aliphatic carbocycles.